The molecule has 1 aliphatic heterocycles. The first-order valence-corrected chi connectivity index (χ1v) is 11.4. The monoisotopic (exact) mass is 452 g/mol. The Hall–Kier alpha value is -2.83. The second kappa shape index (κ2) is 9.32. The van der Waals surface area contributed by atoms with Crippen molar-refractivity contribution in [2.24, 2.45) is 0 Å². The zero-order chi connectivity index (χ0) is 21.7. The Morgan fingerprint density at radius 1 is 1.20 bits per heavy atom. The first-order chi connectivity index (χ1) is 14.3. The van der Waals surface area contributed by atoms with Crippen molar-refractivity contribution in [2.45, 2.75) is 24.7 Å². The van der Waals surface area contributed by atoms with E-state index in [1.54, 1.807) is 6.07 Å². The summed E-state index contributed by atoms with van der Waals surface area (Å²) in [7, 11) is -3.61. The molecule has 0 saturated carbocycles. The number of hydrogen-bond donors (Lipinski definition) is 2. The molecule has 0 radical (unpaired) electrons. The van der Waals surface area contributed by atoms with Gasteiger partial charge < -0.3 is 15.4 Å². The van der Waals surface area contributed by atoms with Crippen LogP contribution in [0.4, 0.5) is 10.8 Å². The molecule has 10 nitrogen and oxygen atoms in total. The van der Waals surface area contributed by atoms with Crippen molar-refractivity contribution in [2.75, 3.05) is 30.3 Å². The lowest BCUT2D eigenvalue weighted by Gasteiger charge is -2.16. The number of anilines is 2. The number of rotatable bonds is 7. The molecule has 1 saturated heterocycles. The normalized spacial score (nSPS) is 14.3. The summed E-state index contributed by atoms with van der Waals surface area (Å²) >= 11 is 1.05. The molecule has 0 spiro atoms. The molecular formula is C18H20N4O6S2. The van der Waals surface area contributed by atoms with Crippen molar-refractivity contribution >= 4 is 50.0 Å². The summed E-state index contributed by atoms with van der Waals surface area (Å²) in [5.41, 5.74) is 0.244. The number of amides is 2. The molecule has 2 heterocycles. The number of hydrogen-bond acceptors (Lipinski definition) is 8. The summed E-state index contributed by atoms with van der Waals surface area (Å²) in [5, 5.41) is 6.60. The average molecular weight is 453 g/mol. The minimum Gasteiger partial charge on any atom is -0.451 e. The van der Waals surface area contributed by atoms with Crippen LogP contribution in [0.15, 0.2) is 34.5 Å². The van der Waals surface area contributed by atoms with E-state index in [-0.39, 0.29) is 27.3 Å². The van der Waals surface area contributed by atoms with Gasteiger partial charge in [-0.3, -0.25) is 9.59 Å². The molecule has 2 N–H and O–H groups in total. The number of nitrogens with zero attached hydrogens (tertiary/aromatic N) is 2. The van der Waals surface area contributed by atoms with E-state index in [1.165, 1.54) is 34.8 Å². The maximum absolute atomic E-state index is 12.6. The lowest BCUT2D eigenvalue weighted by Crippen LogP contribution is -2.28. The third-order valence-corrected chi connectivity index (χ3v) is 6.80. The van der Waals surface area contributed by atoms with Crippen LogP contribution in [0.2, 0.25) is 0 Å². The lowest BCUT2D eigenvalue weighted by atomic mass is 10.3. The Kier molecular flexibility index (Phi) is 6.80. The quantitative estimate of drug-likeness (QED) is 0.610. The molecule has 0 aliphatic carbocycles. The number of sulfonamides is 1. The van der Waals surface area contributed by atoms with Crippen molar-refractivity contribution < 1.29 is 27.5 Å². The molecule has 2 amide bonds. The molecule has 2 aromatic rings. The van der Waals surface area contributed by atoms with Gasteiger partial charge in [0.1, 0.15) is 0 Å². The number of nitrogens with one attached hydrogen (secondary N) is 2. The smallest absolute Gasteiger partial charge is 0.358 e. The Bertz CT molecular complexity index is 1060. The number of aromatic nitrogens is 1. The van der Waals surface area contributed by atoms with Gasteiger partial charge in [0.2, 0.25) is 15.9 Å². The van der Waals surface area contributed by atoms with Gasteiger partial charge in [-0.05, 0) is 31.0 Å². The zero-order valence-electron chi connectivity index (χ0n) is 16.1. The fourth-order valence-electron chi connectivity index (χ4n) is 2.79. The number of thiazole rings is 1. The zero-order valence-corrected chi connectivity index (χ0v) is 17.7. The highest BCUT2D eigenvalue weighted by Gasteiger charge is 2.27. The summed E-state index contributed by atoms with van der Waals surface area (Å²) in [5.74, 6) is -1.77. The second-order valence-corrected chi connectivity index (χ2v) is 9.28. The van der Waals surface area contributed by atoms with Gasteiger partial charge in [0.25, 0.3) is 5.91 Å². The van der Waals surface area contributed by atoms with E-state index in [0.717, 1.165) is 24.2 Å². The fraction of sp³-hybridized carbons (Fsp3) is 0.333. The summed E-state index contributed by atoms with van der Waals surface area (Å²) in [6.45, 7) is 1.70. The molecule has 0 bridgehead atoms. The highest BCUT2D eigenvalue weighted by Crippen LogP contribution is 2.23. The molecule has 0 unspecified atom stereocenters. The van der Waals surface area contributed by atoms with Crippen LogP contribution in [0.5, 0.6) is 0 Å². The van der Waals surface area contributed by atoms with Crippen LogP contribution in [0.25, 0.3) is 0 Å². The van der Waals surface area contributed by atoms with Crippen LogP contribution in [0, 0.1) is 0 Å². The number of benzene rings is 1. The van der Waals surface area contributed by atoms with Crippen LogP contribution >= 0.6 is 11.3 Å². The molecule has 12 heteroatoms. The Morgan fingerprint density at radius 2 is 1.93 bits per heavy atom. The Morgan fingerprint density at radius 3 is 2.63 bits per heavy atom. The molecule has 30 heavy (non-hydrogen) atoms. The van der Waals surface area contributed by atoms with Crippen LogP contribution in [0.1, 0.15) is 30.3 Å². The maximum atomic E-state index is 12.6. The summed E-state index contributed by atoms with van der Waals surface area (Å²) in [6, 6.07) is 5.91. The maximum Gasteiger partial charge on any atom is 0.358 e. The topological polar surface area (TPSA) is 135 Å². The molecule has 1 aromatic carbocycles. The first-order valence-electron chi connectivity index (χ1n) is 9.06. The highest BCUT2D eigenvalue weighted by atomic mass is 32.2. The second-order valence-electron chi connectivity index (χ2n) is 6.48. The van der Waals surface area contributed by atoms with Gasteiger partial charge in [0.05, 0.1) is 4.90 Å². The molecule has 3 rings (SSSR count). The molecule has 0 atom stereocenters. The van der Waals surface area contributed by atoms with E-state index < -0.39 is 28.5 Å². The highest BCUT2D eigenvalue weighted by molar-refractivity contribution is 7.89. The molecule has 1 aliphatic rings. The van der Waals surface area contributed by atoms with Crippen molar-refractivity contribution in [3.63, 3.8) is 0 Å². The van der Waals surface area contributed by atoms with Gasteiger partial charge in [0, 0.05) is 31.1 Å². The number of ether oxygens (including phenoxy) is 1. The molecule has 160 valence electrons. The minimum absolute atomic E-state index is 0.0322. The Balaban J connectivity index is 1.56. The summed E-state index contributed by atoms with van der Waals surface area (Å²) in [4.78, 5) is 39.0. The minimum atomic E-state index is -3.61. The van der Waals surface area contributed by atoms with Crippen molar-refractivity contribution in [3.05, 3.63) is 35.3 Å². The number of carbonyl (C=O) groups excluding carboxylic acids is 3. The standard InChI is InChI=1S/C18H20N4O6S2/c1-12(23)19-18-21-15(11-29-18)17(25)28-10-16(24)20-13-5-4-6-14(9-13)30(26,27)22-7-2-3-8-22/h4-6,9,11H,2-3,7-8,10H2,1H3,(H,20,24)(H,19,21,23). The molecule has 1 fully saturated rings. The third kappa shape index (κ3) is 5.40. The largest absolute Gasteiger partial charge is 0.451 e. The fourth-order valence-corrected chi connectivity index (χ4v) is 5.08. The van der Waals surface area contributed by atoms with Gasteiger partial charge >= 0.3 is 5.97 Å². The SMILES string of the molecule is CC(=O)Nc1nc(C(=O)OCC(=O)Nc2cccc(S(=O)(=O)N3CCCC3)c2)cs1. The van der Waals surface area contributed by atoms with Gasteiger partial charge in [-0.1, -0.05) is 6.07 Å². The van der Waals surface area contributed by atoms with Gasteiger partial charge in [-0.25, -0.2) is 18.2 Å². The van der Waals surface area contributed by atoms with Gasteiger partial charge in [-0.15, -0.1) is 11.3 Å². The number of esters is 1. The van der Waals surface area contributed by atoms with Crippen molar-refractivity contribution in [3.8, 4) is 0 Å². The van der Waals surface area contributed by atoms with E-state index in [9.17, 15) is 22.8 Å². The van der Waals surface area contributed by atoms with Crippen LogP contribution in [0.3, 0.4) is 0 Å². The van der Waals surface area contributed by atoms with Gasteiger partial charge in [0.15, 0.2) is 17.4 Å². The number of carbonyl (C=O) groups is 3. The van der Waals surface area contributed by atoms with E-state index in [4.69, 9.17) is 4.74 Å². The summed E-state index contributed by atoms with van der Waals surface area (Å²) in [6.07, 6.45) is 1.65. The first kappa shape index (κ1) is 21.9. The van der Waals surface area contributed by atoms with E-state index in [2.05, 4.69) is 15.6 Å². The average Bonchev–Trinajstić information content (AvgIpc) is 3.38. The summed E-state index contributed by atoms with van der Waals surface area (Å²) < 4.78 is 31.6. The predicted octanol–water partition coefficient (Wildman–Crippen LogP) is 1.68. The molecular weight excluding hydrogens is 432 g/mol. The van der Waals surface area contributed by atoms with Crippen LogP contribution in [-0.4, -0.2) is 55.2 Å². The lowest BCUT2D eigenvalue weighted by molar-refractivity contribution is -0.119. The predicted molar refractivity (Wildman–Crippen MR) is 110 cm³/mol. The van der Waals surface area contributed by atoms with E-state index in [1.807, 2.05) is 0 Å². The van der Waals surface area contributed by atoms with Crippen molar-refractivity contribution in [1.82, 2.24) is 9.29 Å². The third-order valence-electron chi connectivity index (χ3n) is 4.15. The molecule has 1 aromatic heterocycles. The van der Waals surface area contributed by atoms with Crippen LogP contribution < -0.4 is 10.6 Å². The van der Waals surface area contributed by atoms with Crippen LogP contribution in [-0.2, 0) is 24.3 Å². The van der Waals surface area contributed by atoms with Crippen molar-refractivity contribution in [1.29, 1.82) is 0 Å². The Labute approximate surface area is 177 Å². The van der Waals surface area contributed by atoms with E-state index in [0.29, 0.717) is 13.1 Å². The van der Waals surface area contributed by atoms with E-state index >= 15 is 0 Å². The van der Waals surface area contributed by atoms with Gasteiger partial charge in [-0.2, -0.15) is 4.31 Å².